The highest BCUT2D eigenvalue weighted by Crippen LogP contribution is 2.45. The highest BCUT2D eigenvalue weighted by atomic mass is 16.3. The Kier molecular flexibility index (Phi) is 3.61. The molecule has 0 bridgehead atoms. The molecule has 2 atom stereocenters. The van der Waals surface area contributed by atoms with E-state index in [1.807, 2.05) is 4.90 Å². The van der Waals surface area contributed by atoms with Crippen molar-refractivity contribution in [2.24, 2.45) is 5.41 Å². The van der Waals surface area contributed by atoms with Gasteiger partial charge in [-0.25, -0.2) is 0 Å². The highest BCUT2D eigenvalue weighted by molar-refractivity contribution is 5.94. The molecule has 1 saturated heterocycles. The third-order valence-corrected chi connectivity index (χ3v) is 4.98. The first-order chi connectivity index (χ1) is 10.00. The highest BCUT2D eigenvalue weighted by Gasteiger charge is 2.45. The number of hydrogen-bond acceptors (Lipinski definition) is 3. The number of H-pyrrole nitrogens is 1. The van der Waals surface area contributed by atoms with Gasteiger partial charge < -0.3 is 15.0 Å². The van der Waals surface area contributed by atoms with E-state index in [0.29, 0.717) is 24.3 Å². The summed E-state index contributed by atoms with van der Waals surface area (Å²) in [5.74, 6) is -0.0950. The molecule has 5 nitrogen and oxygen atoms in total. The van der Waals surface area contributed by atoms with Gasteiger partial charge in [0.1, 0.15) is 0 Å². The van der Waals surface area contributed by atoms with Gasteiger partial charge in [-0.1, -0.05) is 6.42 Å². The molecule has 5 heteroatoms. The lowest BCUT2D eigenvalue weighted by molar-refractivity contribution is -0.00537. The predicted molar refractivity (Wildman–Crippen MR) is 79.2 cm³/mol. The van der Waals surface area contributed by atoms with Gasteiger partial charge in [-0.2, -0.15) is 0 Å². The number of nitrogens with zero attached hydrogens (tertiary/aromatic N) is 1. The van der Waals surface area contributed by atoms with Crippen LogP contribution in [0.4, 0.5) is 0 Å². The molecule has 2 N–H and O–H groups in total. The number of aromatic amines is 1. The zero-order chi connectivity index (χ0) is 15.0. The van der Waals surface area contributed by atoms with Crippen LogP contribution in [0, 0.1) is 12.3 Å². The van der Waals surface area contributed by atoms with Crippen molar-refractivity contribution in [2.75, 3.05) is 13.1 Å². The molecule has 1 aromatic heterocycles. The maximum absolute atomic E-state index is 12.6. The van der Waals surface area contributed by atoms with E-state index in [1.165, 1.54) is 6.07 Å². The Morgan fingerprint density at radius 3 is 2.81 bits per heavy atom. The first kappa shape index (κ1) is 14.3. The van der Waals surface area contributed by atoms with Crippen molar-refractivity contribution in [2.45, 2.75) is 45.1 Å². The van der Waals surface area contributed by atoms with Gasteiger partial charge in [0.2, 0.25) is 5.56 Å². The number of carbonyl (C=O) groups excluding carboxylic acids is 1. The number of aliphatic hydroxyl groups is 1. The largest absolute Gasteiger partial charge is 0.392 e. The van der Waals surface area contributed by atoms with Gasteiger partial charge in [-0.15, -0.1) is 0 Å². The number of aliphatic hydroxyl groups excluding tert-OH is 1. The Morgan fingerprint density at radius 2 is 2.14 bits per heavy atom. The summed E-state index contributed by atoms with van der Waals surface area (Å²) in [4.78, 5) is 28.6. The van der Waals surface area contributed by atoms with Crippen molar-refractivity contribution in [3.8, 4) is 0 Å². The summed E-state index contributed by atoms with van der Waals surface area (Å²) >= 11 is 0. The molecule has 2 fully saturated rings. The number of likely N-dealkylation sites (tertiary alicyclic amines) is 1. The average Bonchev–Trinajstić information content (AvgIpc) is 2.78. The van der Waals surface area contributed by atoms with Crippen molar-refractivity contribution in [1.82, 2.24) is 9.88 Å². The number of nitrogens with one attached hydrogen (secondary N) is 1. The van der Waals surface area contributed by atoms with E-state index in [4.69, 9.17) is 0 Å². The summed E-state index contributed by atoms with van der Waals surface area (Å²) < 4.78 is 0. The number of aromatic nitrogens is 1. The second kappa shape index (κ2) is 5.30. The van der Waals surface area contributed by atoms with E-state index in [2.05, 4.69) is 4.98 Å². The van der Waals surface area contributed by atoms with E-state index >= 15 is 0 Å². The van der Waals surface area contributed by atoms with Gasteiger partial charge >= 0.3 is 0 Å². The van der Waals surface area contributed by atoms with Crippen LogP contribution in [-0.2, 0) is 0 Å². The molecular weight excluding hydrogens is 268 g/mol. The Morgan fingerprint density at radius 1 is 1.38 bits per heavy atom. The summed E-state index contributed by atoms with van der Waals surface area (Å²) in [5.41, 5.74) is 0.773. The fourth-order valence-electron chi connectivity index (χ4n) is 3.92. The maximum atomic E-state index is 12.6. The average molecular weight is 290 g/mol. The van der Waals surface area contributed by atoms with Crippen molar-refractivity contribution < 1.29 is 9.90 Å². The van der Waals surface area contributed by atoms with Gasteiger partial charge in [-0.3, -0.25) is 9.59 Å². The van der Waals surface area contributed by atoms with Crippen LogP contribution in [0.5, 0.6) is 0 Å². The number of aryl methyl sites for hydroxylation is 1. The quantitative estimate of drug-likeness (QED) is 0.822. The van der Waals surface area contributed by atoms with E-state index in [-0.39, 0.29) is 23.0 Å². The minimum atomic E-state index is -0.297. The van der Waals surface area contributed by atoms with Gasteiger partial charge in [0.25, 0.3) is 5.91 Å². The molecule has 3 rings (SSSR count). The fraction of sp³-hybridized carbons (Fsp3) is 0.625. The molecule has 0 radical (unpaired) electrons. The number of amides is 1. The Balaban J connectivity index is 1.83. The monoisotopic (exact) mass is 290 g/mol. The van der Waals surface area contributed by atoms with Crippen LogP contribution in [-0.4, -0.2) is 40.1 Å². The van der Waals surface area contributed by atoms with Crippen LogP contribution in [0.15, 0.2) is 16.9 Å². The standard InChI is InChI=1S/C16H22N2O3/c1-11-8-12(9-14(20)17-11)15(21)18-7-3-6-16(10-18)5-2-4-13(16)19/h8-9,13,19H,2-7,10H2,1H3,(H,17,20)/t13-,16+/m1/s1. The minimum Gasteiger partial charge on any atom is -0.392 e. The van der Waals surface area contributed by atoms with Crippen LogP contribution in [0.2, 0.25) is 0 Å². The third-order valence-electron chi connectivity index (χ3n) is 4.98. The lowest BCUT2D eigenvalue weighted by atomic mass is 9.76. The lowest BCUT2D eigenvalue weighted by Gasteiger charge is -2.42. The van der Waals surface area contributed by atoms with Crippen molar-refractivity contribution in [3.63, 3.8) is 0 Å². The molecule has 2 aliphatic rings. The van der Waals surface area contributed by atoms with Gasteiger partial charge in [-0.05, 0) is 38.7 Å². The molecule has 21 heavy (non-hydrogen) atoms. The van der Waals surface area contributed by atoms with Crippen LogP contribution in [0.3, 0.4) is 0 Å². The lowest BCUT2D eigenvalue weighted by Crippen LogP contribution is -2.49. The zero-order valence-electron chi connectivity index (χ0n) is 12.4. The summed E-state index contributed by atoms with van der Waals surface area (Å²) in [5, 5.41) is 10.3. The molecule has 1 amide bonds. The minimum absolute atomic E-state index is 0.0950. The Hall–Kier alpha value is -1.62. The van der Waals surface area contributed by atoms with Crippen molar-refractivity contribution >= 4 is 5.91 Å². The molecule has 114 valence electrons. The molecular formula is C16H22N2O3. The summed E-state index contributed by atoms with van der Waals surface area (Å²) in [6, 6.07) is 3.08. The second-order valence-electron chi connectivity index (χ2n) is 6.52. The third kappa shape index (κ3) is 2.62. The molecule has 1 spiro atoms. The number of carbonyl (C=O) groups is 1. The molecule has 2 heterocycles. The normalized spacial score (nSPS) is 29.0. The van der Waals surface area contributed by atoms with E-state index in [1.54, 1.807) is 13.0 Å². The smallest absolute Gasteiger partial charge is 0.254 e. The number of piperidine rings is 1. The number of rotatable bonds is 1. The Labute approximate surface area is 124 Å². The molecule has 1 saturated carbocycles. The summed E-state index contributed by atoms with van der Waals surface area (Å²) in [6.07, 6.45) is 4.48. The first-order valence-corrected chi connectivity index (χ1v) is 7.68. The number of hydrogen-bond donors (Lipinski definition) is 2. The topological polar surface area (TPSA) is 73.4 Å². The maximum Gasteiger partial charge on any atom is 0.254 e. The first-order valence-electron chi connectivity index (χ1n) is 7.68. The number of pyridine rings is 1. The van der Waals surface area contributed by atoms with Crippen LogP contribution < -0.4 is 5.56 Å². The summed E-state index contributed by atoms with van der Waals surface area (Å²) in [7, 11) is 0. The van der Waals surface area contributed by atoms with Crippen LogP contribution >= 0.6 is 0 Å². The second-order valence-corrected chi connectivity index (χ2v) is 6.52. The van der Waals surface area contributed by atoms with E-state index in [0.717, 1.165) is 32.1 Å². The molecule has 1 aromatic rings. The van der Waals surface area contributed by atoms with Gasteiger partial charge in [0, 0.05) is 35.8 Å². The van der Waals surface area contributed by atoms with E-state index < -0.39 is 0 Å². The molecule has 0 aromatic carbocycles. The Bertz CT molecular complexity index is 610. The van der Waals surface area contributed by atoms with E-state index in [9.17, 15) is 14.7 Å². The molecule has 0 unspecified atom stereocenters. The van der Waals surface area contributed by atoms with Crippen LogP contribution in [0.25, 0.3) is 0 Å². The van der Waals surface area contributed by atoms with Crippen LogP contribution in [0.1, 0.15) is 48.2 Å². The van der Waals surface area contributed by atoms with Crippen molar-refractivity contribution in [3.05, 3.63) is 33.7 Å². The predicted octanol–water partition coefficient (Wildman–Crippen LogP) is 1.45. The molecule has 1 aliphatic heterocycles. The SMILES string of the molecule is Cc1cc(C(=O)N2CCC[C@@]3(CCC[C@H]3O)C2)cc(=O)[nH]1. The molecule has 1 aliphatic carbocycles. The van der Waals surface area contributed by atoms with Gasteiger partial charge in [0.15, 0.2) is 0 Å². The van der Waals surface area contributed by atoms with Gasteiger partial charge in [0.05, 0.1) is 6.10 Å². The fourth-order valence-corrected chi connectivity index (χ4v) is 3.92. The summed E-state index contributed by atoms with van der Waals surface area (Å²) in [6.45, 7) is 3.09. The van der Waals surface area contributed by atoms with Crippen molar-refractivity contribution in [1.29, 1.82) is 0 Å². The zero-order valence-corrected chi connectivity index (χ0v) is 12.4.